The third kappa shape index (κ3) is 3.96. The van der Waals surface area contributed by atoms with E-state index in [1.54, 1.807) is 0 Å². The van der Waals surface area contributed by atoms with Crippen molar-refractivity contribution in [2.75, 3.05) is 46.4 Å². The molecular formula is C27H34N4O. The van der Waals surface area contributed by atoms with Gasteiger partial charge in [0.2, 0.25) is 0 Å². The van der Waals surface area contributed by atoms with Gasteiger partial charge in [0.15, 0.2) is 0 Å². The molecule has 3 heterocycles. The summed E-state index contributed by atoms with van der Waals surface area (Å²) in [5.74, 6) is 0. The maximum absolute atomic E-state index is 6.13. The molecule has 168 valence electrons. The second-order valence-corrected chi connectivity index (χ2v) is 9.01. The Morgan fingerprint density at radius 2 is 1.97 bits per heavy atom. The van der Waals surface area contributed by atoms with Crippen molar-refractivity contribution >= 4 is 17.8 Å². The number of ether oxygens (including phenoxy) is 1. The minimum atomic E-state index is -0.444. The molecule has 32 heavy (non-hydrogen) atoms. The molecule has 0 bridgehead atoms. The Balaban J connectivity index is 1.63. The van der Waals surface area contributed by atoms with Crippen molar-refractivity contribution in [3.05, 3.63) is 76.5 Å². The molecule has 0 amide bonds. The molecule has 5 rings (SSSR count). The predicted octanol–water partition coefficient (Wildman–Crippen LogP) is 1.27. The third-order valence-electron chi connectivity index (χ3n) is 6.97. The number of aromatic nitrogens is 1. The number of nitrogens with one attached hydrogen (secondary N) is 2. The Morgan fingerprint density at radius 1 is 1.16 bits per heavy atom. The van der Waals surface area contributed by atoms with Crippen LogP contribution in [0, 0.1) is 0 Å². The Hall–Kier alpha value is -2.60. The standard InChI is InChI=1S/C27H34N4O/c1-3-15-31-25-19-27(32-2,18-21-7-5-4-6-8-21)11-9-22(25)23-10-12-29-24(26(23)31)20-30-16-13-28-14-17-30/h3-9,11,19,28-29H,1,10,12-18,20H2,2H3. The van der Waals surface area contributed by atoms with Gasteiger partial charge < -0.3 is 19.9 Å². The van der Waals surface area contributed by atoms with Gasteiger partial charge in [-0.25, -0.2) is 0 Å². The molecule has 1 aliphatic carbocycles. The van der Waals surface area contributed by atoms with Crippen LogP contribution in [0.3, 0.4) is 0 Å². The number of methoxy groups -OCH3 is 1. The van der Waals surface area contributed by atoms with Gasteiger partial charge in [0, 0.05) is 76.0 Å². The molecular weight excluding hydrogens is 396 g/mol. The fourth-order valence-corrected chi connectivity index (χ4v) is 5.34. The second-order valence-electron chi connectivity index (χ2n) is 9.01. The first-order valence-electron chi connectivity index (χ1n) is 11.8. The topological polar surface area (TPSA) is 41.5 Å². The number of allylic oxidation sites excluding steroid dienone is 1. The van der Waals surface area contributed by atoms with Crippen LogP contribution in [0.1, 0.15) is 16.7 Å². The van der Waals surface area contributed by atoms with Crippen molar-refractivity contribution in [3.63, 3.8) is 0 Å². The summed E-state index contributed by atoms with van der Waals surface area (Å²) < 4.78 is 8.58. The molecule has 1 aromatic heterocycles. The Bertz CT molecular complexity index is 1120. The van der Waals surface area contributed by atoms with Gasteiger partial charge in [-0.15, -0.1) is 6.58 Å². The highest BCUT2D eigenvalue weighted by Crippen LogP contribution is 2.26. The second kappa shape index (κ2) is 9.10. The first kappa shape index (κ1) is 21.3. The number of hydrogen-bond acceptors (Lipinski definition) is 4. The van der Waals surface area contributed by atoms with Gasteiger partial charge in [-0.1, -0.05) is 42.5 Å². The summed E-state index contributed by atoms with van der Waals surface area (Å²) in [6.07, 6.45) is 10.8. The summed E-state index contributed by atoms with van der Waals surface area (Å²) in [7, 11) is 1.82. The minimum Gasteiger partial charge on any atom is -0.385 e. The largest absolute Gasteiger partial charge is 0.385 e. The number of rotatable bonds is 7. The zero-order valence-corrected chi connectivity index (χ0v) is 19.1. The Morgan fingerprint density at radius 3 is 2.72 bits per heavy atom. The van der Waals surface area contributed by atoms with E-state index in [1.165, 1.54) is 33.1 Å². The van der Waals surface area contributed by atoms with E-state index in [0.29, 0.717) is 0 Å². The first-order chi connectivity index (χ1) is 15.7. The quantitative estimate of drug-likeness (QED) is 0.650. The van der Waals surface area contributed by atoms with Gasteiger partial charge in [-0.05, 0) is 29.7 Å². The van der Waals surface area contributed by atoms with Crippen LogP contribution in [0.2, 0.25) is 0 Å². The zero-order chi connectivity index (χ0) is 22.0. The average Bonchev–Trinajstić information content (AvgIpc) is 3.14. The summed E-state index contributed by atoms with van der Waals surface area (Å²) in [6.45, 7) is 11.1. The van der Waals surface area contributed by atoms with Gasteiger partial charge in [0.1, 0.15) is 5.60 Å². The molecule has 2 aliphatic heterocycles. The minimum absolute atomic E-state index is 0.444. The van der Waals surface area contributed by atoms with Gasteiger partial charge in [-0.2, -0.15) is 0 Å². The fourth-order valence-electron chi connectivity index (χ4n) is 5.34. The van der Waals surface area contributed by atoms with Crippen molar-refractivity contribution in [2.45, 2.75) is 25.0 Å². The van der Waals surface area contributed by atoms with E-state index < -0.39 is 5.60 Å². The third-order valence-corrected chi connectivity index (χ3v) is 6.97. The molecule has 0 saturated carbocycles. The maximum atomic E-state index is 6.13. The summed E-state index contributed by atoms with van der Waals surface area (Å²) in [4.78, 5) is 2.55. The van der Waals surface area contributed by atoms with Crippen LogP contribution in [-0.2, 0) is 24.1 Å². The Labute approximate surface area is 190 Å². The number of hydrogen-bond donors (Lipinski definition) is 2. The smallest absolute Gasteiger partial charge is 0.111 e. The first-order valence-corrected chi connectivity index (χ1v) is 11.8. The molecule has 0 spiro atoms. The van der Waals surface area contributed by atoms with Gasteiger partial charge in [-0.3, -0.25) is 4.90 Å². The average molecular weight is 431 g/mol. The van der Waals surface area contributed by atoms with Crippen molar-refractivity contribution in [2.24, 2.45) is 0 Å². The molecule has 1 fully saturated rings. The molecule has 1 atom stereocenters. The summed E-state index contributed by atoms with van der Waals surface area (Å²) in [6, 6.07) is 10.6. The van der Waals surface area contributed by atoms with Gasteiger partial charge in [0.25, 0.3) is 0 Å². The zero-order valence-electron chi connectivity index (χ0n) is 19.1. The van der Waals surface area contributed by atoms with Crippen molar-refractivity contribution < 1.29 is 4.74 Å². The molecule has 3 aliphatic rings. The van der Waals surface area contributed by atoms with Crippen LogP contribution in [0.5, 0.6) is 0 Å². The highest BCUT2D eigenvalue weighted by Gasteiger charge is 2.30. The number of fused-ring (bicyclic) bond motifs is 3. The van der Waals surface area contributed by atoms with Crippen LogP contribution in [0.25, 0.3) is 17.8 Å². The van der Waals surface area contributed by atoms with Crippen molar-refractivity contribution in [1.82, 2.24) is 20.1 Å². The normalized spacial score (nSPS) is 22.6. The lowest BCUT2D eigenvalue weighted by atomic mass is 9.88. The molecule has 1 saturated heterocycles. The van der Waals surface area contributed by atoms with Gasteiger partial charge >= 0.3 is 0 Å². The maximum Gasteiger partial charge on any atom is 0.111 e. The number of benzene rings is 1. The molecule has 5 nitrogen and oxygen atoms in total. The fraction of sp³-hybridized carbons (Fsp3) is 0.407. The molecule has 5 heteroatoms. The lowest BCUT2D eigenvalue weighted by molar-refractivity contribution is 0.0878. The number of piperazine rings is 1. The highest BCUT2D eigenvalue weighted by atomic mass is 16.5. The van der Waals surface area contributed by atoms with E-state index in [0.717, 1.165) is 58.7 Å². The SMILES string of the molecule is C=CCn1c2c(c3c1=C(CN1CCNCC1)NCC3)C=CC(Cc1ccccc1)(OC)C=2. The van der Waals surface area contributed by atoms with E-state index in [4.69, 9.17) is 4.74 Å². The molecule has 1 unspecified atom stereocenters. The van der Waals surface area contributed by atoms with Gasteiger partial charge in [0.05, 0.1) is 5.35 Å². The van der Waals surface area contributed by atoms with E-state index in [1.807, 2.05) is 13.2 Å². The molecule has 2 aromatic rings. The highest BCUT2D eigenvalue weighted by molar-refractivity contribution is 5.67. The Kier molecular flexibility index (Phi) is 6.05. The summed E-state index contributed by atoms with van der Waals surface area (Å²) >= 11 is 0. The van der Waals surface area contributed by atoms with Crippen molar-refractivity contribution in [1.29, 1.82) is 0 Å². The summed E-state index contributed by atoms with van der Waals surface area (Å²) in [5.41, 5.74) is 4.99. The summed E-state index contributed by atoms with van der Waals surface area (Å²) in [5, 5.41) is 9.81. The predicted molar refractivity (Wildman–Crippen MR) is 132 cm³/mol. The van der Waals surface area contributed by atoms with Crippen LogP contribution in [0.4, 0.5) is 0 Å². The molecule has 2 N–H and O–H groups in total. The molecule has 1 aromatic carbocycles. The molecule has 0 radical (unpaired) electrons. The van der Waals surface area contributed by atoms with E-state index >= 15 is 0 Å². The van der Waals surface area contributed by atoms with Crippen LogP contribution in [-0.4, -0.2) is 61.4 Å². The monoisotopic (exact) mass is 430 g/mol. The lowest BCUT2D eigenvalue weighted by Crippen LogP contribution is -2.48. The van der Waals surface area contributed by atoms with E-state index in [-0.39, 0.29) is 0 Å². The lowest BCUT2D eigenvalue weighted by Gasteiger charge is -2.29. The van der Waals surface area contributed by atoms with E-state index in [2.05, 4.69) is 75.2 Å². The number of nitrogens with zero attached hydrogens (tertiary/aromatic N) is 2. The van der Waals surface area contributed by atoms with Crippen LogP contribution < -0.4 is 21.3 Å². The van der Waals surface area contributed by atoms with Crippen LogP contribution in [0.15, 0.2) is 49.1 Å². The van der Waals surface area contributed by atoms with Crippen molar-refractivity contribution in [3.8, 4) is 0 Å². The van der Waals surface area contributed by atoms with E-state index in [9.17, 15) is 0 Å². The van der Waals surface area contributed by atoms with Crippen LogP contribution >= 0.6 is 0 Å².